The number of amides is 1. The summed E-state index contributed by atoms with van der Waals surface area (Å²) in [6, 6.07) is 3.58. The lowest BCUT2D eigenvalue weighted by atomic mass is 10.3. The summed E-state index contributed by atoms with van der Waals surface area (Å²) in [5.74, 6) is -0.0200. The lowest BCUT2D eigenvalue weighted by Crippen LogP contribution is -2.35. The summed E-state index contributed by atoms with van der Waals surface area (Å²) >= 11 is 4.81. The highest BCUT2D eigenvalue weighted by atomic mass is 32.1. The van der Waals surface area contributed by atoms with E-state index in [-0.39, 0.29) is 10.9 Å². The van der Waals surface area contributed by atoms with Crippen molar-refractivity contribution in [2.45, 2.75) is 6.92 Å². The molecule has 6 heteroatoms. The molecule has 0 saturated heterocycles. The van der Waals surface area contributed by atoms with Gasteiger partial charge in [0.25, 0.3) is 0 Å². The van der Waals surface area contributed by atoms with Crippen LogP contribution in [0.4, 0.5) is 5.69 Å². The number of aromatic nitrogens is 1. The number of anilines is 1. The van der Waals surface area contributed by atoms with Crippen molar-refractivity contribution in [3.8, 4) is 0 Å². The van der Waals surface area contributed by atoms with Gasteiger partial charge in [-0.25, -0.2) is 0 Å². The van der Waals surface area contributed by atoms with Crippen LogP contribution in [0.15, 0.2) is 18.3 Å². The maximum absolute atomic E-state index is 11.4. The summed E-state index contributed by atoms with van der Waals surface area (Å²) in [5, 5.41) is 2.73. The number of carbonyl (C=O) groups excluding carboxylic acids is 1. The van der Waals surface area contributed by atoms with Crippen LogP contribution in [0.2, 0.25) is 0 Å². The zero-order valence-electron chi connectivity index (χ0n) is 9.93. The zero-order chi connectivity index (χ0) is 12.8. The van der Waals surface area contributed by atoms with Crippen molar-refractivity contribution >= 4 is 28.8 Å². The van der Waals surface area contributed by atoms with Gasteiger partial charge in [0.15, 0.2) is 0 Å². The maximum atomic E-state index is 11.4. The first-order valence-corrected chi connectivity index (χ1v) is 5.69. The molecule has 17 heavy (non-hydrogen) atoms. The van der Waals surface area contributed by atoms with Crippen LogP contribution in [0.3, 0.4) is 0 Å². The van der Waals surface area contributed by atoms with E-state index in [2.05, 4.69) is 10.3 Å². The summed E-state index contributed by atoms with van der Waals surface area (Å²) in [6.07, 6.45) is 1.65. The molecule has 0 radical (unpaired) electrons. The topological polar surface area (TPSA) is 71.2 Å². The molecule has 3 N–H and O–H groups in total. The van der Waals surface area contributed by atoms with E-state index < -0.39 is 0 Å². The van der Waals surface area contributed by atoms with Crippen LogP contribution >= 0.6 is 12.2 Å². The third-order valence-corrected chi connectivity index (χ3v) is 2.40. The van der Waals surface area contributed by atoms with Gasteiger partial charge in [0, 0.05) is 13.6 Å². The average Bonchev–Trinajstić information content (AvgIpc) is 2.29. The lowest BCUT2D eigenvalue weighted by Gasteiger charge is -2.18. The third-order valence-electron chi connectivity index (χ3n) is 2.20. The molecule has 0 atom stereocenters. The molecule has 0 bridgehead atoms. The molecule has 0 unspecified atom stereocenters. The van der Waals surface area contributed by atoms with Gasteiger partial charge in [-0.2, -0.15) is 0 Å². The Labute approximate surface area is 106 Å². The number of nitrogens with one attached hydrogen (secondary N) is 1. The monoisotopic (exact) mass is 252 g/mol. The standard InChI is InChI=1S/C11H16N4OS/c1-3-13-10(16)7-15(2)8-4-5-9(11(12)17)14-6-8/h4-6H,3,7H2,1-2H3,(H2,12,17)(H,13,16). The summed E-state index contributed by atoms with van der Waals surface area (Å²) in [5.41, 5.74) is 6.87. The summed E-state index contributed by atoms with van der Waals surface area (Å²) in [4.78, 5) is 17.6. The predicted octanol–water partition coefficient (Wildman–Crippen LogP) is 0.288. The van der Waals surface area contributed by atoms with Gasteiger partial charge in [-0.15, -0.1) is 0 Å². The van der Waals surface area contributed by atoms with Crippen LogP contribution in [0.1, 0.15) is 12.6 Å². The van der Waals surface area contributed by atoms with E-state index >= 15 is 0 Å². The van der Waals surface area contributed by atoms with Crippen molar-refractivity contribution in [2.24, 2.45) is 5.73 Å². The molecule has 0 saturated carbocycles. The second-order valence-corrected chi connectivity index (χ2v) is 4.02. The number of rotatable bonds is 5. The van der Waals surface area contributed by atoms with Crippen LogP contribution in [0, 0.1) is 0 Å². The number of nitrogens with two attached hydrogens (primary N) is 1. The fourth-order valence-corrected chi connectivity index (χ4v) is 1.44. The number of hydrogen-bond donors (Lipinski definition) is 2. The van der Waals surface area contributed by atoms with E-state index in [1.807, 2.05) is 20.0 Å². The number of carbonyl (C=O) groups is 1. The molecule has 0 aliphatic carbocycles. The van der Waals surface area contributed by atoms with Crippen LogP contribution in [0.5, 0.6) is 0 Å². The van der Waals surface area contributed by atoms with Crippen molar-refractivity contribution < 1.29 is 4.79 Å². The van der Waals surface area contributed by atoms with Gasteiger partial charge >= 0.3 is 0 Å². The van der Waals surface area contributed by atoms with Gasteiger partial charge in [0.05, 0.1) is 24.1 Å². The summed E-state index contributed by atoms with van der Waals surface area (Å²) in [6.45, 7) is 2.81. The Kier molecular flexibility index (Phi) is 4.84. The van der Waals surface area contributed by atoms with Crippen LogP contribution in [-0.4, -0.2) is 36.0 Å². The number of hydrogen-bond acceptors (Lipinski definition) is 4. The highest BCUT2D eigenvalue weighted by Gasteiger charge is 2.07. The summed E-state index contributed by atoms with van der Waals surface area (Å²) in [7, 11) is 1.83. The van der Waals surface area contributed by atoms with E-state index in [1.54, 1.807) is 17.2 Å². The van der Waals surface area contributed by atoms with Crippen LogP contribution < -0.4 is 16.0 Å². The molecule has 1 aromatic heterocycles. The van der Waals surface area contributed by atoms with E-state index in [1.165, 1.54) is 0 Å². The zero-order valence-corrected chi connectivity index (χ0v) is 10.8. The third kappa shape index (κ3) is 3.99. The normalized spacial score (nSPS) is 9.76. The Morgan fingerprint density at radius 3 is 2.76 bits per heavy atom. The highest BCUT2D eigenvalue weighted by Crippen LogP contribution is 2.10. The minimum Gasteiger partial charge on any atom is -0.388 e. The summed E-state index contributed by atoms with van der Waals surface area (Å²) < 4.78 is 0. The Bertz CT molecular complexity index is 404. The van der Waals surface area contributed by atoms with E-state index in [9.17, 15) is 4.79 Å². The van der Waals surface area contributed by atoms with Gasteiger partial charge in [0.2, 0.25) is 5.91 Å². The molecule has 5 nitrogen and oxygen atoms in total. The molecular formula is C11H16N4OS. The molecule has 0 aromatic carbocycles. The largest absolute Gasteiger partial charge is 0.388 e. The fourth-order valence-electron chi connectivity index (χ4n) is 1.32. The molecule has 1 heterocycles. The predicted molar refractivity (Wildman–Crippen MR) is 72.1 cm³/mol. The molecular weight excluding hydrogens is 236 g/mol. The van der Waals surface area contributed by atoms with Crippen molar-refractivity contribution in [3.63, 3.8) is 0 Å². The Morgan fingerprint density at radius 2 is 2.29 bits per heavy atom. The first kappa shape index (κ1) is 13.4. The molecule has 0 aliphatic rings. The molecule has 0 fully saturated rings. The Hall–Kier alpha value is -1.69. The molecule has 0 spiro atoms. The van der Waals surface area contributed by atoms with Crippen molar-refractivity contribution in [2.75, 3.05) is 25.0 Å². The fraction of sp³-hybridized carbons (Fsp3) is 0.364. The highest BCUT2D eigenvalue weighted by molar-refractivity contribution is 7.80. The smallest absolute Gasteiger partial charge is 0.239 e. The minimum absolute atomic E-state index is 0.0200. The van der Waals surface area contributed by atoms with Crippen LogP contribution in [-0.2, 0) is 4.79 Å². The maximum Gasteiger partial charge on any atom is 0.239 e. The minimum atomic E-state index is -0.0200. The SMILES string of the molecule is CCNC(=O)CN(C)c1ccc(C(N)=S)nc1. The van der Waals surface area contributed by atoms with Gasteiger partial charge in [0.1, 0.15) is 4.99 Å². The lowest BCUT2D eigenvalue weighted by molar-refractivity contribution is -0.119. The molecule has 0 aliphatic heterocycles. The van der Waals surface area contributed by atoms with E-state index in [4.69, 9.17) is 18.0 Å². The average molecular weight is 252 g/mol. The van der Waals surface area contributed by atoms with Crippen molar-refractivity contribution in [1.29, 1.82) is 0 Å². The number of thiocarbonyl (C=S) groups is 1. The van der Waals surface area contributed by atoms with E-state index in [0.717, 1.165) is 5.69 Å². The van der Waals surface area contributed by atoms with E-state index in [0.29, 0.717) is 18.8 Å². The quantitative estimate of drug-likeness (QED) is 0.737. The van der Waals surface area contributed by atoms with Gasteiger partial charge in [-0.05, 0) is 19.1 Å². The Balaban J connectivity index is 2.66. The van der Waals surface area contributed by atoms with Gasteiger partial charge in [-0.1, -0.05) is 12.2 Å². The van der Waals surface area contributed by atoms with Crippen LogP contribution in [0.25, 0.3) is 0 Å². The Morgan fingerprint density at radius 1 is 1.59 bits per heavy atom. The first-order valence-electron chi connectivity index (χ1n) is 5.28. The molecule has 92 valence electrons. The molecule has 1 rings (SSSR count). The van der Waals surface area contributed by atoms with Crippen molar-refractivity contribution in [3.05, 3.63) is 24.0 Å². The molecule has 1 amide bonds. The van der Waals surface area contributed by atoms with Crippen molar-refractivity contribution in [1.82, 2.24) is 10.3 Å². The number of likely N-dealkylation sites (N-methyl/N-ethyl adjacent to an activating group) is 2. The number of nitrogens with zero attached hydrogens (tertiary/aromatic N) is 2. The second-order valence-electron chi connectivity index (χ2n) is 3.58. The number of pyridine rings is 1. The first-order chi connectivity index (χ1) is 8.04. The molecule has 1 aromatic rings. The van der Waals surface area contributed by atoms with Gasteiger partial charge in [-0.3, -0.25) is 9.78 Å². The van der Waals surface area contributed by atoms with Gasteiger partial charge < -0.3 is 16.0 Å². The second kappa shape index (κ2) is 6.15.